The van der Waals surface area contributed by atoms with Crippen molar-refractivity contribution in [3.8, 4) is 6.07 Å². The second kappa shape index (κ2) is 5.42. The lowest BCUT2D eigenvalue weighted by molar-refractivity contribution is 0.819. The van der Waals surface area contributed by atoms with Gasteiger partial charge in [0.05, 0.1) is 12.2 Å². The van der Waals surface area contributed by atoms with Crippen LogP contribution in [0.3, 0.4) is 0 Å². The van der Waals surface area contributed by atoms with Crippen molar-refractivity contribution in [2.45, 2.75) is 0 Å². The van der Waals surface area contributed by atoms with Crippen LogP contribution in [0.15, 0.2) is 11.1 Å². The first-order valence-electron chi connectivity index (χ1n) is 4.79. The van der Waals surface area contributed by atoms with Gasteiger partial charge in [0.25, 0.3) is 0 Å². The summed E-state index contributed by atoms with van der Waals surface area (Å²) in [6, 6.07) is 3.82. The van der Waals surface area contributed by atoms with Crippen LogP contribution < -0.4 is 16.5 Å². The first-order valence-corrected chi connectivity index (χ1v) is 5.33. The molecule has 1 heterocycles. The standard InChI is InChI=1S/C10H14ClN5/c1-14-8-5-9(13)16(2)10(7(8)6-12)15-4-3-11/h5,14H,3-4,13H2,1-2H3. The molecule has 0 atom stereocenters. The number of anilines is 2. The first kappa shape index (κ1) is 12.4. The van der Waals surface area contributed by atoms with Crippen LogP contribution in [-0.4, -0.2) is 24.0 Å². The van der Waals surface area contributed by atoms with Gasteiger partial charge in [0, 0.05) is 26.0 Å². The molecule has 0 spiro atoms. The van der Waals surface area contributed by atoms with Crippen LogP contribution in [0.5, 0.6) is 0 Å². The summed E-state index contributed by atoms with van der Waals surface area (Å²) in [6.07, 6.45) is 0. The molecule has 0 bridgehead atoms. The molecule has 0 saturated carbocycles. The summed E-state index contributed by atoms with van der Waals surface area (Å²) in [5.74, 6) is 0.950. The third-order valence-electron chi connectivity index (χ3n) is 2.22. The number of nitrogens with one attached hydrogen (secondary N) is 1. The summed E-state index contributed by atoms with van der Waals surface area (Å²) >= 11 is 5.58. The highest BCUT2D eigenvalue weighted by Gasteiger charge is 2.07. The highest BCUT2D eigenvalue weighted by Crippen LogP contribution is 2.13. The van der Waals surface area contributed by atoms with Crippen LogP contribution in [0.2, 0.25) is 0 Å². The molecule has 0 amide bonds. The third kappa shape index (κ3) is 2.28. The number of nitrogens with two attached hydrogens (primary N) is 1. The van der Waals surface area contributed by atoms with Crippen molar-refractivity contribution >= 4 is 23.1 Å². The fourth-order valence-electron chi connectivity index (χ4n) is 1.37. The number of rotatable bonds is 3. The van der Waals surface area contributed by atoms with Gasteiger partial charge in [-0.2, -0.15) is 5.26 Å². The van der Waals surface area contributed by atoms with E-state index in [1.807, 2.05) is 0 Å². The van der Waals surface area contributed by atoms with Crippen molar-refractivity contribution in [1.82, 2.24) is 4.57 Å². The summed E-state index contributed by atoms with van der Waals surface area (Å²) in [4.78, 5) is 4.25. The van der Waals surface area contributed by atoms with Crippen LogP contribution in [0.25, 0.3) is 0 Å². The van der Waals surface area contributed by atoms with Gasteiger partial charge in [-0.05, 0) is 0 Å². The van der Waals surface area contributed by atoms with Gasteiger partial charge in [0.15, 0.2) is 0 Å². The zero-order chi connectivity index (χ0) is 12.1. The Labute approximate surface area is 99.2 Å². The molecule has 5 nitrogen and oxygen atoms in total. The molecule has 1 rings (SSSR count). The second-order valence-electron chi connectivity index (χ2n) is 3.17. The van der Waals surface area contributed by atoms with E-state index in [0.29, 0.717) is 35.0 Å². The van der Waals surface area contributed by atoms with E-state index in [1.54, 1.807) is 24.7 Å². The van der Waals surface area contributed by atoms with Crippen LogP contribution >= 0.6 is 11.6 Å². The molecule has 0 aliphatic rings. The molecule has 0 radical (unpaired) electrons. The number of halogens is 1. The topological polar surface area (TPSA) is 79.1 Å². The number of alkyl halides is 1. The molecule has 0 fully saturated rings. The molecule has 0 unspecified atom stereocenters. The average Bonchev–Trinajstić information content (AvgIpc) is 2.30. The Bertz CT molecular complexity index is 483. The number of nitrogens with zero attached hydrogens (tertiary/aromatic N) is 3. The van der Waals surface area contributed by atoms with Gasteiger partial charge >= 0.3 is 0 Å². The maximum atomic E-state index is 9.11. The Balaban J connectivity index is 3.55. The number of pyridine rings is 1. The van der Waals surface area contributed by atoms with Crippen molar-refractivity contribution in [1.29, 1.82) is 5.26 Å². The summed E-state index contributed by atoms with van der Waals surface area (Å²) in [5.41, 5.74) is 7.51. The molecule has 86 valence electrons. The average molecular weight is 240 g/mol. The molecular formula is C10H14ClN5. The van der Waals surface area contributed by atoms with E-state index in [0.717, 1.165) is 0 Å². The predicted octanol–water partition coefficient (Wildman–Crippen LogP) is 0.660. The largest absolute Gasteiger partial charge is 0.387 e. The van der Waals surface area contributed by atoms with Crippen molar-refractivity contribution < 1.29 is 0 Å². The van der Waals surface area contributed by atoms with Gasteiger partial charge in [-0.1, -0.05) is 0 Å². The lowest BCUT2D eigenvalue weighted by atomic mass is 10.2. The summed E-state index contributed by atoms with van der Waals surface area (Å²) in [7, 11) is 3.50. The van der Waals surface area contributed by atoms with Crippen molar-refractivity contribution in [3.05, 3.63) is 17.1 Å². The van der Waals surface area contributed by atoms with Crippen molar-refractivity contribution in [3.63, 3.8) is 0 Å². The zero-order valence-electron chi connectivity index (χ0n) is 9.29. The molecule has 0 aromatic carbocycles. The molecule has 0 aliphatic heterocycles. The molecule has 1 aromatic rings. The minimum absolute atomic E-state index is 0.411. The van der Waals surface area contributed by atoms with Gasteiger partial charge in [-0.25, -0.2) is 0 Å². The number of nitriles is 1. The van der Waals surface area contributed by atoms with Crippen LogP contribution in [0, 0.1) is 11.3 Å². The Morgan fingerprint density at radius 2 is 2.38 bits per heavy atom. The third-order valence-corrected chi connectivity index (χ3v) is 2.39. The maximum Gasteiger partial charge on any atom is 0.149 e. The van der Waals surface area contributed by atoms with Crippen molar-refractivity contribution in [2.75, 3.05) is 30.5 Å². The van der Waals surface area contributed by atoms with Crippen LogP contribution in [0.1, 0.15) is 5.56 Å². The van der Waals surface area contributed by atoms with Gasteiger partial charge < -0.3 is 15.6 Å². The lowest BCUT2D eigenvalue weighted by Crippen LogP contribution is -2.25. The van der Waals surface area contributed by atoms with Gasteiger partial charge in [0.2, 0.25) is 0 Å². The van der Waals surface area contributed by atoms with E-state index in [4.69, 9.17) is 22.6 Å². The van der Waals surface area contributed by atoms with E-state index in [9.17, 15) is 0 Å². The van der Waals surface area contributed by atoms with Crippen molar-refractivity contribution in [2.24, 2.45) is 12.0 Å². The minimum Gasteiger partial charge on any atom is -0.387 e. The smallest absolute Gasteiger partial charge is 0.149 e. The van der Waals surface area contributed by atoms with E-state index in [2.05, 4.69) is 16.4 Å². The van der Waals surface area contributed by atoms with Gasteiger partial charge in [0.1, 0.15) is 22.9 Å². The molecule has 6 heteroatoms. The second-order valence-corrected chi connectivity index (χ2v) is 3.55. The van der Waals surface area contributed by atoms with Gasteiger partial charge in [-0.3, -0.25) is 4.99 Å². The molecule has 16 heavy (non-hydrogen) atoms. The zero-order valence-corrected chi connectivity index (χ0v) is 10.0. The SMILES string of the molecule is CNc1cc(N)n(C)c(=NCCCl)c1C#N. The summed E-state index contributed by atoms with van der Waals surface area (Å²) in [6.45, 7) is 0.455. The number of nitrogen functional groups attached to an aromatic ring is 1. The van der Waals surface area contributed by atoms with E-state index in [1.165, 1.54) is 0 Å². The quantitative estimate of drug-likeness (QED) is 0.761. The minimum atomic E-state index is 0.411. The van der Waals surface area contributed by atoms with Crippen LogP contribution in [0.4, 0.5) is 11.5 Å². The van der Waals surface area contributed by atoms with Crippen LogP contribution in [-0.2, 0) is 7.05 Å². The monoisotopic (exact) mass is 239 g/mol. The first-order chi connectivity index (χ1) is 7.65. The Kier molecular flexibility index (Phi) is 4.20. The van der Waals surface area contributed by atoms with E-state index in [-0.39, 0.29) is 0 Å². The maximum absolute atomic E-state index is 9.11. The number of hydrogen-bond donors (Lipinski definition) is 2. The number of hydrogen-bond acceptors (Lipinski definition) is 4. The van der Waals surface area contributed by atoms with E-state index < -0.39 is 0 Å². The fraction of sp³-hybridized carbons (Fsp3) is 0.400. The lowest BCUT2D eigenvalue weighted by Gasteiger charge is -2.10. The Hall–Kier alpha value is -1.67. The Morgan fingerprint density at radius 3 is 2.88 bits per heavy atom. The van der Waals surface area contributed by atoms with E-state index >= 15 is 0 Å². The van der Waals surface area contributed by atoms with Gasteiger partial charge in [-0.15, -0.1) is 11.6 Å². The Morgan fingerprint density at radius 1 is 1.69 bits per heavy atom. The highest BCUT2D eigenvalue weighted by atomic mass is 35.5. The normalized spacial score (nSPS) is 11.2. The molecule has 3 N–H and O–H groups in total. The fourth-order valence-corrected chi connectivity index (χ4v) is 1.45. The molecule has 1 aromatic heterocycles. The summed E-state index contributed by atoms with van der Waals surface area (Å²) < 4.78 is 1.67. The molecular weight excluding hydrogens is 226 g/mol. The number of aromatic nitrogens is 1. The molecule has 0 aliphatic carbocycles. The molecule has 0 saturated heterocycles. The highest BCUT2D eigenvalue weighted by molar-refractivity contribution is 6.18. The summed E-state index contributed by atoms with van der Waals surface area (Å²) in [5, 5.41) is 12.0. The predicted molar refractivity (Wildman–Crippen MR) is 65.2 cm³/mol.